The van der Waals surface area contributed by atoms with Crippen LogP contribution in [-0.4, -0.2) is 13.1 Å². The zero-order valence-electron chi connectivity index (χ0n) is 14.8. The minimum atomic E-state index is -4.49. The summed E-state index contributed by atoms with van der Waals surface area (Å²) in [4.78, 5) is 1.98. The number of nitriles is 1. The van der Waals surface area contributed by atoms with E-state index in [-0.39, 0.29) is 11.1 Å². The highest BCUT2D eigenvalue weighted by atomic mass is 19.4. The van der Waals surface area contributed by atoms with Crippen molar-refractivity contribution in [1.29, 1.82) is 5.26 Å². The van der Waals surface area contributed by atoms with E-state index in [2.05, 4.69) is 0 Å². The average Bonchev–Trinajstić information content (AvgIpc) is 3.16. The van der Waals surface area contributed by atoms with Crippen LogP contribution in [0.3, 0.4) is 0 Å². The molecule has 1 fully saturated rings. The van der Waals surface area contributed by atoms with E-state index in [1.54, 1.807) is 13.0 Å². The summed E-state index contributed by atoms with van der Waals surface area (Å²) in [5.41, 5.74) is 1.14. The van der Waals surface area contributed by atoms with Crippen molar-refractivity contribution in [2.45, 2.75) is 25.9 Å². The van der Waals surface area contributed by atoms with Crippen LogP contribution < -0.4 is 4.90 Å². The van der Waals surface area contributed by atoms with Gasteiger partial charge in [0.05, 0.1) is 22.9 Å². The van der Waals surface area contributed by atoms with Crippen molar-refractivity contribution >= 4 is 17.3 Å². The molecular weight excluding hydrogens is 356 g/mol. The molecule has 0 bridgehead atoms. The Hall–Kier alpha value is -2.81. The van der Waals surface area contributed by atoms with Crippen LogP contribution in [0.5, 0.6) is 0 Å². The van der Waals surface area contributed by atoms with Crippen LogP contribution in [0, 0.1) is 24.1 Å². The van der Waals surface area contributed by atoms with Gasteiger partial charge in [0, 0.05) is 13.1 Å². The molecule has 1 aliphatic rings. The molecule has 140 valence electrons. The van der Waals surface area contributed by atoms with Crippen LogP contribution >= 0.6 is 0 Å². The number of rotatable bonds is 3. The quantitative estimate of drug-likeness (QED) is 0.385. The van der Waals surface area contributed by atoms with Crippen molar-refractivity contribution in [1.82, 2.24) is 0 Å². The molecule has 0 aromatic heterocycles. The highest BCUT2D eigenvalue weighted by molar-refractivity contribution is 5.90. The second-order valence-electron chi connectivity index (χ2n) is 6.60. The summed E-state index contributed by atoms with van der Waals surface area (Å²) in [6.45, 7) is 3.41. The third-order valence-electron chi connectivity index (χ3n) is 4.70. The number of alkyl halides is 3. The molecule has 0 amide bonds. The summed E-state index contributed by atoms with van der Waals surface area (Å²) in [6, 6.07) is 9.57. The highest BCUT2D eigenvalue weighted by Crippen LogP contribution is 2.32. The Morgan fingerprint density at radius 3 is 2.48 bits per heavy atom. The molecule has 1 saturated heterocycles. The molecule has 1 heterocycles. The molecule has 2 aromatic rings. The zero-order chi connectivity index (χ0) is 19.6. The lowest BCUT2D eigenvalue weighted by atomic mass is 9.99. The number of allylic oxidation sites excluding steroid dienone is 1. The van der Waals surface area contributed by atoms with Gasteiger partial charge < -0.3 is 4.90 Å². The number of anilines is 1. The molecule has 0 unspecified atom stereocenters. The van der Waals surface area contributed by atoms with Gasteiger partial charge in [0.2, 0.25) is 0 Å². The SMILES string of the molecule is Cc1cc(N2CCCC2)c(F)cc1C=C(C#N)c1cccc(C(F)(F)F)c1. The van der Waals surface area contributed by atoms with Crippen molar-refractivity contribution in [2.75, 3.05) is 18.0 Å². The highest BCUT2D eigenvalue weighted by Gasteiger charge is 2.30. The van der Waals surface area contributed by atoms with Gasteiger partial charge in [-0.1, -0.05) is 12.1 Å². The van der Waals surface area contributed by atoms with Crippen LogP contribution in [0.25, 0.3) is 11.6 Å². The Balaban J connectivity index is 1.99. The number of hydrogen-bond acceptors (Lipinski definition) is 2. The monoisotopic (exact) mass is 374 g/mol. The predicted octanol–water partition coefficient (Wildman–Crippen LogP) is 5.82. The largest absolute Gasteiger partial charge is 0.416 e. The lowest BCUT2D eigenvalue weighted by Gasteiger charge is -2.19. The molecule has 0 radical (unpaired) electrons. The Morgan fingerprint density at radius 2 is 1.85 bits per heavy atom. The molecule has 0 N–H and O–H groups in total. The molecule has 0 aliphatic carbocycles. The van der Waals surface area contributed by atoms with Gasteiger partial charge in [0.25, 0.3) is 0 Å². The molecule has 0 spiro atoms. The van der Waals surface area contributed by atoms with Gasteiger partial charge in [-0.05, 0) is 66.8 Å². The van der Waals surface area contributed by atoms with E-state index in [0.29, 0.717) is 11.3 Å². The average molecular weight is 374 g/mol. The maximum absolute atomic E-state index is 14.6. The van der Waals surface area contributed by atoms with E-state index in [1.807, 2.05) is 11.0 Å². The number of benzene rings is 2. The van der Waals surface area contributed by atoms with Gasteiger partial charge in [-0.15, -0.1) is 0 Å². The first-order chi connectivity index (χ1) is 12.8. The van der Waals surface area contributed by atoms with Gasteiger partial charge in [0.1, 0.15) is 5.82 Å². The molecule has 1 aliphatic heterocycles. The van der Waals surface area contributed by atoms with Gasteiger partial charge in [-0.3, -0.25) is 0 Å². The first-order valence-corrected chi connectivity index (χ1v) is 8.64. The molecular formula is C21H18F4N2. The van der Waals surface area contributed by atoms with Crippen molar-refractivity contribution in [3.8, 4) is 6.07 Å². The van der Waals surface area contributed by atoms with Crippen LogP contribution in [-0.2, 0) is 6.18 Å². The summed E-state index contributed by atoms with van der Waals surface area (Å²) in [6.07, 6.45) is -1.01. The number of nitrogens with zero attached hydrogens (tertiary/aromatic N) is 2. The molecule has 0 atom stereocenters. The molecule has 3 rings (SSSR count). The van der Waals surface area contributed by atoms with Crippen LogP contribution in [0.2, 0.25) is 0 Å². The van der Waals surface area contributed by atoms with Gasteiger partial charge in [-0.2, -0.15) is 18.4 Å². The van der Waals surface area contributed by atoms with Crippen LogP contribution in [0.15, 0.2) is 36.4 Å². The number of aryl methyl sites for hydroxylation is 1. The second kappa shape index (κ2) is 7.43. The normalized spacial score (nSPS) is 15.1. The fraction of sp³-hybridized carbons (Fsp3) is 0.286. The standard InChI is InChI=1S/C21H18F4N2/c1-14-9-20(27-7-2-3-8-27)19(22)12-16(14)10-17(13-26)15-5-4-6-18(11-15)21(23,24)25/h4-6,9-12H,2-3,7-8H2,1H3. The summed E-state index contributed by atoms with van der Waals surface area (Å²) in [5, 5.41) is 9.42. The summed E-state index contributed by atoms with van der Waals surface area (Å²) < 4.78 is 53.3. The van der Waals surface area contributed by atoms with Crippen molar-refractivity contribution < 1.29 is 17.6 Å². The van der Waals surface area contributed by atoms with E-state index < -0.39 is 17.6 Å². The third-order valence-corrected chi connectivity index (χ3v) is 4.70. The topological polar surface area (TPSA) is 27.0 Å². The lowest BCUT2D eigenvalue weighted by molar-refractivity contribution is -0.137. The minimum absolute atomic E-state index is 0.0533. The third kappa shape index (κ3) is 4.13. The number of halogens is 4. The Morgan fingerprint density at radius 1 is 1.15 bits per heavy atom. The van der Waals surface area contributed by atoms with E-state index in [9.17, 15) is 22.8 Å². The van der Waals surface area contributed by atoms with Gasteiger partial charge >= 0.3 is 6.18 Å². The first kappa shape index (κ1) is 19.0. The van der Waals surface area contributed by atoms with Crippen LogP contribution in [0.4, 0.5) is 23.2 Å². The smallest absolute Gasteiger partial charge is 0.369 e. The second-order valence-corrected chi connectivity index (χ2v) is 6.60. The summed E-state index contributed by atoms with van der Waals surface area (Å²) in [7, 11) is 0. The molecule has 0 saturated carbocycles. The fourth-order valence-electron chi connectivity index (χ4n) is 3.24. The molecule has 2 aromatic carbocycles. The summed E-state index contributed by atoms with van der Waals surface area (Å²) >= 11 is 0. The summed E-state index contributed by atoms with van der Waals surface area (Å²) in [5.74, 6) is -0.393. The maximum atomic E-state index is 14.6. The van der Waals surface area contributed by atoms with E-state index in [4.69, 9.17) is 0 Å². The molecule has 6 heteroatoms. The fourth-order valence-corrected chi connectivity index (χ4v) is 3.24. The van der Waals surface area contributed by atoms with Crippen molar-refractivity contribution in [3.63, 3.8) is 0 Å². The molecule has 27 heavy (non-hydrogen) atoms. The predicted molar refractivity (Wildman–Crippen MR) is 97.5 cm³/mol. The van der Waals surface area contributed by atoms with Crippen LogP contribution in [0.1, 0.15) is 35.1 Å². The van der Waals surface area contributed by atoms with E-state index in [1.165, 1.54) is 24.3 Å². The Labute approximate surface area is 155 Å². The van der Waals surface area contributed by atoms with Crippen molar-refractivity contribution in [2.24, 2.45) is 0 Å². The zero-order valence-corrected chi connectivity index (χ0v) is 14.8. The maximum Gasteiger partial charge on any atom is 0.416 e. The van der Waals surface area contributed by atoms with E-state index in [0.717, 1.165) is 43.6 Å². The lowest BCUT2D eigenvalue weighted by Crippen LogP contribution is -2.19. The van der Waals surface area contributed by atoms with E-state index >= 15 is 0 Å². The van der Waals surface area contributed by atoms with Gasteiger partial charge in [-0.25, -0.2) is 4.39 Å². The van der Waals surface area contributed by atoms with Gasteiger partial charge in [0.15, 0.2) is 0 Å². The number of hydrogen-bond donors (Lipinski definition) is 0. The Bertz CT molecular complexity index is 917. The first-order valence-electron chi connectivity index (χ1n) is 8.64. The molecule has 2 nitrogen and oxygen atoms in total. The Kier molecular flexibility index (Phi) is 5.22. The van der Waals surface area contributed by atoms with Crippen molar-refractivity contribution in [3.05, 3.63) is 64.5 Å². The minimum Gasteiger partial charge on any atom is -0.369 e.